The molecular weight excluding hydrogens is 348 g/mol. The van der Waals surface area contributed by atoms with Crippen LogP contribution in [0.2, 0.25) is 0 Å². The lowest BCUT2D eigenvalue weighted by molar-refractivity contribution is 0.0529. The van der Waals surface area contributed by atoms with E-state index < -0.39 is 0 Å². The van der Waals surface area contributed by atoms with Gasteiger partial charge >= 0.3 is 0 Å². The number of aliphatic imine (C=N–C) groups is 1. The number of rotatable bonds is 5. The van der Waals surface area contributed by atoms with Crippen molar-refractivity contribution < 1.29 is 4.74 Å². The second kappa shape index (κ2) is 8.95. The minimum atomic E-state index is 0.253. The number of morpholine rings is 1. The van der Waals surface area contributed by atoms with Gasteiger partial charge in [0.1, 0.15) is 10.8 Å². The first-order chi connectivity index (χ1) is 12.6. The van der Waals surface area contributed by atoms with Gasteiger partial charge in [0.2, 0.25) is 0 Å². The van der Waals surface area contributed by atoms with Gasteiger partial charge in [-0.1, -0.05) is 6.07 Å². The van der Waals surface area contributed by atoms with Crippen LogP contribution in [0.1, 0.15) is 22.4 Å². The molecular formula is C18H26N6OS. The van der Waals surface area contributed by atoms with E-state index in [1.54, 1.807) is 18.4 Å². The molecule has 0 aromatic carbocycles. The molecule has 2 aromatic heterocycles. The second-order valence-corrected chi connectivity index (χ2v) is 7.62. The summed E-state index contributed by atoms with van der Waals surface area (Å²) >= 11 is 1.69. The van der Waals surface area contributed by atoms with E-state index >= 15 is 0 Å². The Morgan fingerprint density at radius 1 is 1.31 bits per heavy atom. The Morgan fingerprint density at radius 3 is 2.81 bits per heavy atom. The lowest BCUT2D eigenvalue weighted by atomic mass is 10.2. The lowest BCUT2D eigenvalue weighted by Gasteiger charge is -2.32. The molecule has 1 atom stereocenters. The fourth-order valence-electron chi connectivity index (χ4n) is 2.78. The molecule has 26 heavy (non-hydrogen) atoms. The van der Waals surface area contributed by atoms with Crippen molar-refractivity contribution in [3.05, 3.63) is 40.0 Å². The summed E-state index contributed by atoms with van der Waals surface area (Å²) < 4.78 is 5.58. The molecule has 3 rings (SSSR count). The second-order valence-electron chi connectivity index (χ2n) is 6.30. The number of guanidine groups is 1. The van der Waals surface area contributed by atoms with Crippen LogP contribution in [0.15, 0.2) is 29.5 Å². The van der Waals surface area contributed by atoms with E-state index in [4.69, 9.17) is 4.74 Å². The number of aryl methyl sites for hydroxylation is 1. The van der Waals surface area contributed by atoms with Crippen LogP contribution in [-0.4, -0.2) is 48.8 Å². The summed E-state index contributed by atoms with van der Waals surface area (Å²) in [5.41, 5.74) is 1.11. The molecule has 0 saturated carbocycles. The molecule has 0 aliphatic carbocycles. The van der Waals surface area contributed by atoms with Crippen molar-refractivity contribution in [2.24, 2.45) is 4.99 Å². The summed E-state index contributed by atoms with van der Waals surface area (Å²) in [5.74, 6) is 1.76. The predicted octanol–water partition coefficient (Wildman–Crippen LogP) is 1.94. The van der Waals surface area contributed by atoms with E-state index in [1.165, 1.54) is 4.88 Å². The van der Waals surface area contributed by atoms with Crippen LogP contribution < -0.4 is 15.5 Å². The molecule has 1 fully saturated rings. The topological polar surface area (TPSA) is 74.7 Å². The van der Waals surface area contributed by atoms with Crippen molar-refractivity contribution in [2.45, 2.75) is 33.0 Å². The Labute approximate surface area is 158 Å². The molecule has 1 aliphatic heterocycles. The van der Waals surface area contributed by atoms with Crippen LogP contribution in [0.4, 0.5) is 5.82 Å². The molecule has 8 heteroatoms. The van der Waals surface area contributed by atoms with Crippen molar-refractivity contribution >= 4 is 23.1 Å². The van der Waals surface area contributed by atoms with Gasteiger partial charge in [-0.25, -0.2) is 9.97 Å². The Hall–Kier alpha value is -2.19. The van der Waals surface area contributed by atoms with Gasteiger partial charge in [-0.05, 0) is 25.5 Å². The smallest absolute Gasteiger partial charge is 0.191 e. The standard InChI is InChI=1S/C18H26N6OS/c1-13-12-24(6-7-25-13)16-5-4-15(9-20-16)10-22-18(19-3)23-11-17-21-8-14(2)26-17/h4-5,8-9,13H,6-7,10-12H2,1-3H3,(H2,19,22,23). The summed E-state index contributed by atoms with van der Waals surface area (Å²) in [4.78, 5) is 16.7. The van der Waals surface area contributed by atoms with Crippen molar-refractivity contribution in [3.8, 4) is 0 Å². The van der Waals surface area contributed by atoms with Gasteiger partial charge < -0.3 is 20.3 Å². The van der Waals surface area contributed by atoms with Gasteiger partial charge in [-0.3, -0.25) is 4.99 Å². The monoisotopic (exact) mass is 374 g/mol. The number of hydrogen-bond acceptors (Lipinski definition) is 6. The van der Waals surface area contributed by atoms with E-state index in [1.807, 2.05) is 12.4 Å². The van der Waals surface area contributed by atoms with Gasteiger partial charge in [0, 0.05) is 44.0 Å². The molecule has 2 aromatic rings. The first-order valence-electron chi connectivity index (χ1n) is 8.81. The van der Waals surface area contributed by atoms with Gasteiger partial charge in [0.05, 0.1) is 19.3 Å². The highest BCUT2D eigenvalue weighted by Crippen LogP contribution is 2.15. The maximum absolute atomic E-state index is 5.58. The molecule has 0 spiro atoms. The molecule has 1 unspecified atom stereocenters. The average molecular weight is 375 g/mol. The van der Waals surface area contributed by atoms with Crippen LogP contribution in [0, 0.1) is 6.92 Å². The number of anilines is 1. The zero-order valence-corrected chi connectivity index (χ0v) is 16.3. The van der Waals surface area contributed by atoms with Crippen molar-refractivity contribution in [2.75, 3.05) is 31.6 Å². The third kappa shape index (κ3) is 5.15. The van der Waals surface area contributed by atoms with Crippen LogP contribution in [0.5, 0.6) is 0 Å². The number of aromatic nitrogens is 2. The molecule has 0 amide bonds. The maximum Gasteiger partial charge on any atom is 0.191 e. The van der Waals surface area contributed by atoms with Gasteiger partial charge in [0.25, 0.3) is 0 Å². The number of ether oxygens (including phenoxy) is 1. The molecule has 140 valence electrons. The van der Waals surface area contributed by atoms with Crippen LogP contribution >= 0.6 is 11.3 Å². The third-order valence-electron chi connectivity index (χ3n) is 4.13. The zero-order valence-electron chi connectivity index (χ0n) is 15.5. The first kappa shape index (κ1) is 18.6. The predicted molar refractivity (Wildman–Crippen MR) is 106 cm³/mol. The van der Waals surface area contributed by atoms with Crippen LogP contribution in [0.25, 0.3) is 0 Å². The highest BCUT2D eigenvalue weighted by molar-refractivity contribution is 7.11. The summed E-state index contributed by atoms with van der Waals surface area (Å²) in [5, 5.41) is 7.64. The van der Waals surface area contributed by atoms with Crippen molar-refractivity contribution in [3.63, 3.8) is 0 Å². The van der Waals surface area contributed by atoms with E-state index in [9.17, 15) is 0 Å². The maximum atomic E-state index is 5.58. The molecule has 2 N–H and O–H groups in total. The number of nitrogens with zero attached hydrogens (tertiary/aromatic N) is 4. The molecule has 7 nitrogen and oxygen atoms in total. The van der Waals surface area contributed by atoms with Gasteiger partial charge in [-0.2, -0.15) is 0 Å². The molecule has 0 bridgehead atoms. The fourth-order valence-corrected chi connectivity index (χ4v) is 3.51. The summed E-state index contributed by atoms with van der Waals surface area (Å²) in [6.45, 7) is 8.03. The highest BCUT2D eigenvalue weighted by Gasteiger charge is 2.17. The van der Waals surface area contributed by atoms with Crippen LogP contribution in [0.3, 0.4) is 0 Å². The fraction of sp³-hybridized carbons (Fsp3) is 0.500. The molecule has 0 radical (unpaired) electrons. The van der Waals surface area contributed by atoms with Crippen molar-refractivity contribution in [1.29, 1.82) is 0 Å². The van der Waals surface area contributed by atoms with Crippen molar-refractivity contribution in [1.82, 2.24) is 20.6 Å². The van der Waals surface area contributed by atoms with E-state index in [0.29, 0.717) is 13.1 Å². The minimum absolute atomic E-state index is 0.253. The Balaban J connectivity index is 1.48. The van der Waals surface area contributed by atoms with E-state index in [0.717, 1.165) is 42.0 Å². The lowest BCUT2D eigenvalue weighted by Crippen LogP contribution is -2.41. The quantitative estimate of drug-likeness (QED) is 0.615. The normalized spacial score (nSPS) is 18.0. The Kier molecular flexibility index (Phi) is 6.40. The SMILES string of the molecule is CN=C(NCc1ccc(N2CCOC(C)C2)nc1)NCc1ncc(C)s1. The minimum Gasteiger partial charge on any atom is -0.375 e. The van der Waals surface area contributed by atoms with E-state index in [-0.39, 0.29) is 6.10 Å². The Morgan fingerprint density at radius 2 is 2.15 bits per heavy atom. The first-order valence-corrected chi connectivity index (χ1v) is 9.63. The largest absolute Gasteiger partial charge is 0.375 e. The van der Waals surface area contributed by atoms with Gasteiger partial charge in [-0.15, -0.1) is 11.3 Å². The summed E-state index contributed by atoms with van der Waals surface area (Å²) in [6.07, 6.45) is 4.06. The number of nitrogens with one attached hydrogen (secondary N) is 2. The highest BCUT2D eigenvalue weighted by atomic mass is 32.1. The summed E-state index contributed by atoms with van der Waals surface area (Å²) in [7, 11) is 1.77. The number of thiazole rings is 1. The average Bonchev–Trinajstić information content (AvgIpc) is 3.07. The van der Waals surface area contributed by atoms with Gasteiger partial charge in [0.15, 0.2) is 5.96 Å². The third-order valence-corrected chi connectivity index (χ3v) is 5.05. The van der Waals surface area contributed by atoms with Crippen LogP contribution in [-0.2, 0) is 17.8 Å². The molecule has 3 heterocycles. The Bertz CT molecular complexity index is 730. The summed E-state index contributed by atoms with van der Waals surface area (Å²) in [6, 6.07) is 4.18. The zero-order chi connectivity index (χ0) is 18.4. The molecule has 1 aliphatic rings. The van der Waals surface area contributed by atoms with E-state index in [2.05, 4.69) is 56.5 Å². The molecule has 1 saturated heterocycles. The number of pyridine rings is 1. The number of hydrogen-bond donors (Lipinski definition) is 2.